The summed E-state index contributed by atoms with van der Waals surface area (Å²) >= 11 is 3.77. The van der Waals surface area contributed by atoms with Gasteiger partial charge in [-0.25, -0.2) is 0 Å². The maximum absolute atomic E-state index is 3.77. The van der Waals surface area contributed by atoms with Crippen molar-refractivity contribution in [3.63, 3.8) is 0 Å². The summed E-state index contributed by atoms with van der Waals surface area (Å²) in [6.45, 7) is 27.3. The predicted octanol–water partition coefficient (Wildman–Crippen LogP) is 16.2. The van der Waals surface area contributed by atoms with Gasteiger partial charge in [0.15, 0.2) is 0 Å². The van der Waals surface area contributed by atoms with E-state index in [0.717, 1.165) is 49.7 Å². The quantitative estimate of drug-likeness (QED) is 0.159. The lowest BCUT2D eigenvalue weighted by Gasteiger charge is -2.32. The third-order valence-corrected chi connectivity index (χ3v) is 11.0. The minimum atomic E-state index is 0.0527. The second-order valence-electron chi connectivity index (χ2n) is 19.1. The first-order valence-electron chi connectivity index (χ1n) is 19.6. The Kier molecular flexibility index (Phi) is 11.0. The van der Waals surface area contributed by atoms with E-state index in [0.29, 0.717) is 0 Å². The summed E-state index contributed by atoms with van der Waals surface area (Å²) in [5, 5.41) is 0. The maximum atomic E-state index is 3.77. The summed E-state index contributed by atoms with van der Waals surface area (Å²) in [5.74, 6) is 0. The monoisotopic (exact) mass is 790 g/mol. The van der Waals surface area contributed by atoms with Gasteiger partial charge in [-0.1, -0.05) is 160 Å². The fraction of sp³-hybridized carbons (Fsp3) is 0.308. The molecule has 0 heterocycles. The second-order valence-corrected chi connectivity index (χ2v) is 20.0. The molecule has 0 aliphatic rings. The highest BCUT2D eigenvalue weighted by atomic mass is 79.9. The Balaban J connectivity index is 1.63. The molecular weight excluding hydrogens is 732 g/mol. The lowest BCUT2D eigenvalue weighted by molar-refractivity contribution is 0.590. The standard InChI is InChI=1S/C52H59BrN2/c1-49(2,3)38-16-24-43(25-17-38)54(44-26-18-39(19-27-44)50(4,5)6)47-33-37(36-14-13-15-42(53)32-36)34-48(35-47)55(45-28-20-40(21-29-45)51(7,8)9)46-30-22-41(23-31-46)52(10,11)12/h13-35H,1-12H3. The molecule has 2 nitrogen and oxygen atoms in total. The Labute approximate surface area is 340 Å². The summed E-state index contributed by atoms with van der Waals surface area (Å²) in [4.78, 5) is 4.82. The average Bonchev–Trinajstić information content (AvgIpc) is 3.11. The first kappa shape index (κ1) is 40.1. The van der Waals surface area contributed by atoms with Crippen LogP contribution in [-0.4, -0.2) is 0 Å². The van der Waals surface area contributed by atoms with Gasteiger partial charge in [-0.2, -0.15) is 0 Å². The van der Waals surface area contributed by atoms with E-state index in [-0.39, 0.29) is 21.7 Å². The van der Waals surface area contributed by atoms with Crippen LogP contribution in [0.1, 0.15) is 105 Å². The summed E-state index contributed by atoms with van der Waals surface area (Å²) in [6, 6.07) is 52.1. The third kappa shape index (κ3) is 9.27. The molecule has 6 rings (SSSR count). The number of halogens is 1. The van der Waals surface area contributed by atoms with Gasteiger partial charge in [0.1, 0.15) is 0 Å². The molecule has 0 N–H and O–H groups in total. The molecule has 284 valence electrons. The summed E-state index contributed by atoms with van der Waals surface area (Å²) in [5.41, 5.74) is 14.4. The number of benzene rings is 6. The topological polar surface area (TPSA) is 6.48 Å². The molecule has 0 saturated heterocycles. The molecule has 0 fully saturated rings. The first-order chi connectivity index (χ1) is 25.7. The fourth-order valence-corrected chi connectivity index (χ4v) is 7.42. The molecule has 0 radical (unpaired) electrons. The van der Waals surface area contributed by atoms with E-state index in [4.69, 9.17) is 0 Å². The van der Waals surface area contributed by atoms with Crippen molar-refractivity contribution in [3.05, 3.63) is 166 Å². The highest BCUT2D eigenvalue weighted by molar-refractivity contribution is 9.10. The van der Waals surface area contributed by atoms with E-state index >= 15 is 0 Å². The predicted molar refractivity (Wildman–Crippen MR) is 244 cm³/mol. The van der Waals surface area contributed by atoms with Crippen LogP contribution in [0.3, 0.4) is 0 Å². The molecule has 3 heteroatoms. The van der Waals surface area contributed by atoms with Gasteiger partial charge in [-0.05, 0) is 134 Å². The molecule has 0 aliphatic heterocycles. The molecule has 0 unspecified atom stereocenters. The Bertz CT molecular complexity index is 1970. The van der Waals surface area contributed by atoms with Crippen molar-refractivity contribution in [2.45, 2.75) is 105 Å². The largest absolute Gasteiger partial charge is 0.310 e. The van der Waals surface area contributed by atoms with Crippen LogP contribution in [0.25, 0.3) is 11.1 Å². The van der Waals surface area contributed by atoms with Crippen molar-refractivity contribution in [2.24, 2.45) is 0 Å². The van der Waals surface area contributed by atoms with E-state index in [9.17, 15) is 0 Å². The van der Waals surface area contributed by atoms with E-state index in [1.807, 2.05) is 0 Å². The lowest BCUT2D eigenvalue weighted by Crippen LogP contribution is -2.16. The number of hydrogen-bond donors (Lipinski definition) is 0. The van der Waals surface area contributed by atoms with Gasteiger partial charge in [-0.3, -0.25) is 0 Å². The van der Waals surface area contributed by atoms with Crippen LogP contribution in [-0.2, 0) is 21.7 Å². The summed E-state index contributed by atoms with van der Waals surface area (Å²) in [6.07, 6.45) is 0. The van der Waals surface area contributed by atoms with Crippen molar-refractivity contribution >= 4 is 50.1 Å². The van der Waals surface area contributed by atoms with Crippen molar-refractivity contribution < 1.29 is 0 Å². The molecule has 0 saturated carbocycles. The number of rotatable bonds is 7. The molecule has 55 heavy (non-hydrogen) atoms. The molecule has 0 aliphatic carbocycles. The molecule has 0 bridgehead atoms. The third-order valence-electron chi connectivity index (χ3n) is 10.5. The molecule has 0 aromatic heterocycles. The average molecular weight is 792 g/mol. The van der Waals surface area contributed by atoms with Gasteiger partial charge in [0.25, 0.3) is 0 Å². The minimum Gasteiger partial charge on any atom is -0.310 e. The van der Waals surface area contributed by atoms with Crippen molar-refractivity contribution in [1.82, 2.24) is 0 Å². The number of nitrogens with zero attached hydrogens (tertiary/aromatic N) is 2. The zero-order chi connectivity index (χ0) is 39.9. The first-order valence-corrected chi connectivity index (χ1v) is 20.4. The molecule has 0 atom stereocenters. The highest BCUT2D eigenvalue weighted by Gasteiger charge is 2.23. The van der Waals surface area contributed by atoms with Crippen molar-refractivity contribution in [1.29, 1.82) is 0 Å². The van der Waals surface area contributed by atoms with E-state index in [1.165, 1.54) is 22.3 Å². The Morgan fingerprint density at radius 3 is 0.855 bits per heavy atom. The molecule has 6 aromatic carbocycles. The van der Waals surface area contributed by atoms with E-state index in [2.05, 4.69) is 248 Å². The van der Waals surface area contributed by atoms with Crippen molar-refractivity contribution in [2.75, 3.05) is 9.80 Å². The van der Waals surface area contributed by atoms with Gasteiger partial charge < -0.3 is 9.80 Å². The van der Waals surface area contributed by atoms with Gasteiger partial charge in [0, 0.05) is 38.6 Å². The van der Waals surface area contributed by atoms with Gasteiger partial charge in [-0.15, -0.1) is 0 Å². The Morgan fingerprint density at radius 2 is 0.600 bits per heavy atom. The molecule has 0 spiro atoms. The molecule has 6 aromatic rings. The van der Waals surface area contributed by atoms with Crippen LogP contribution in [0.15, 0.2) is 144 Å². The summed E-state index contributed by atoms with van der Waals surface area (Å²) in [7, 11) is 0. The van der Waals surface area contributed by atoms with Crippen LogP contribution in [0.2, 0.25) is 0 Å². The van der Waals surface area contributed by atoms with Crippen LogP contribution < -0.4 is 9.80 Å². The normalized spacial score (nSPS) is 12.5. The van der Waals surface area contributed by atoms with Gasteiger partial charge in [0.2, 0.25) is 0 Å². The van der Waals surface area contributed by atoms with Crippen LogP contribution in [0, 0.1) is 0 Å². The molecule has 0 amide bonds. The van der Waals surface area contributed by atoms with Crippen molar-refractivity contribution in [3.8, 4) is 11.1 Å². The maximum Gasteiger partial charge on any atom is 0.0488 e. The number of hydrogen-bond acceptors (Lipinski definition) is 2. The lowest BCUT2D eigenvalue weighted by atomic mass is 9.86. The zero-order valence-electron chi connectivity index (χ0n) is 35.1. The Hall–Kier alpha value is -4.60. The minimum absolute atomic E-state index is 0.0527. The molecular formula is C52H59BrN2. The number of anilines is 6. The van der Waals surface area contributed by atoms with Crippen LogP contribution in [0.4, 0.5) is 34.1 Å². The second kappa shape index (κ2) is 15.1. The van der Waals surface area contributed by atoms with Gasteiger partial charge in [0.05, 0.1) is 0 Å². The Morgan fingerprint density at radius 1 is 0.309 bits per heavy atom. The fourth-order valence-electron chi connectivity index (χ4n) is 7.02. The van der Waals surface area contributed by atoms with E-state index in [1.54, 1.807) is 0 Å². The smallest absolute Gasteiger partial charge is 0.0488 e. The summed E-state index contributed by atoms with van der Waals surface area (Å²) < 4.78 is 1.05. The van der Waals surface area contributed by atoms with Crippen LogP contribution >= 0.6 is 15.9 Å². The van der Waals surface area contributed by atoms with E-state index < -0.39 is 0 Å². The zero-order valence-corrected chi connectivity index (χ0v) is 36.6. The van der Waals surface area contributed by atoms with Crippen LogP contribution in [0.5, 0.6) is 0 Å². The SMILES string of the molecule is CC(C)(C)c1ccc(N(c2ccc(C(C)(C)C)cc2)c2cc(-c3cccc(Br)c3)cc(N(c3ccc(C(C)(C)C)cc3)c3ccc(C(C)(C)C)cc3)c2)cc1. The van der Waals surface area contributed by atoms with Gasteiger partial charge >= 0.3 is 0 Å². The highest BCUT2D eigenvalue weighted by Crippen LogP contribution is 2.45.